The van der Waals surface area contributed by atoms with Crippen molar-refractivity contribution < 1.29 is 9.53 Å². The van der Waals surface area contributed by atoms with E-state index in [9.17, 15) is 4.79 Å². The molecule has 1 aliphatic heterocycles. The van der Waals surface area contributed by atoms with Crippen LogP contribution < -0.4 is 9.64 Å². The van der Waals surface area contributed by atoms with Crippen LogP contribution in [0.3, 0.4) is 0 Å². The number of rotatable bonds is 4. The number of aromatic nitrogens is 1. The Balaban J connectivity index is 1.72. The zero-order valence-corrected chi connectivity index (χ0v) is 14.2. The quantitative estimate of drug-likeness (QED) is 0.867. The lowest BCUT2D eigenvalue weighted by molar-refractivity contribution is 0.0538. The van der Waals surface area contributed by atoms with Gasteiger partial charge in [0.25, 0.3) is 5.91 Å². The molecule has 24 heavy (non-hydrogen) atoms. The molecule has 0 bridgehead atoms. The summed E-state index contributed by atoms with van der Waals surface area (Å²) in [5, 5.41) is 0. The predicted octanol–water partition coefficient (Wildman–Crippen LogP) is 2.83. The fraction of sp³-hybridized carbons (Fsp3) is 0.368. The number of benzene rings is 1. The lowest BCUT2D eigenvalue weighted by Gasteiger charge is -2.33. The smallest absolute Gasteiger partial charge is 0.257 e. The topological polar surface area (TPSA) is 45.7 Å². The van der Waals surface area contributed by atoms with Crippen molar-refractivity contribution in [1.82, 2.24) is 9.88 Å². The van der Waals surface area contributed by atoms with E-state index in [0.29, 0.717) is 17.9 Å². The standard InChI is InChI=1S/C19H23N3O2/c1-21(2)18-17(11-6-12-20-18)19(23)22-13-7-10-16(14-22)24-15-8-4-3-5-9-15/h3-6,8-9,11-12,16H,7,10,13-14H2,1-2H3. The van der Waals surface area contributed by atoms with Crippen LogP contribution >= 0.6 is 0 Å². The molecular formula is C19H23N3O2. The molecule has 0 aliphatic carbocycles. The highest BCUT2D eigenvalue weighted by atomic mass is 16.5. The molecule has 0 radical (unpaired) electrons. The lowest BCUT2D eigenvalue weighted by Crippen LogP contribution is -2.44. The Hall–Kier alpha value is -2.56. The second-order valence-electron chi connectivity index (χ2n) is 6.22. The molecule has 1 saturated heterocycles. The van der Waals surface area contributed by atoms with Gasteiger partial charge in [-0.2, -0.15) is 0 Å². The van der Waals surface area contributed by atoms with Crippen LogP contribution in [0.25, 0.3) is 0 Å². The van der Waals surface area contributed by atoms with Crippen LogP contribution in [-0.4, -0.2) is 49.1 Å². The molecule has 2 heterocycles. The lowest BCUT2D eigenvalue weighted by atomic mass is 10.1. The molecule has 0 N–H and O–H groups in total. The first kappa shape index (κ1) is 16.3. The molecule has 1 aliphatic rings. The summed E-state index contributed by atoms with van der Waals surface area (Å²) in [6.45, 7) is 1.37. The van der Waals surface area contributed by atoms with Gasteiger partial charge in [-0.25, -0.2) is 4.98 Å². The highest BCUT2D eigenvalue weighted by Gasteiger charge is 2.27. The monoisotopic (exact) mass is 325 g/mol. The van der Waals surface area contributed by atoms with E-state index in [4.69, 9.17) is 4.74 Å². The summed E-state index contributed by atoms with van der Waals surface area (Å²) in [5.41, 5.74) is 0.642. The highest BCUT2D eigenvalue weighted by Crippen LogP contribution is 2.22. The maximum Gasteiger partial charge on any atom is 0.257 e. The van der Waals surface area contributed by atoms with Gasteiger partial charge in [0.2, 0.25) is 0 Å². The normalized spacial score (nSPS) is 17.4. The summed E-state index contributed by atoms with van der Waals surface area (Å²) in [7, 11) is 3.80. The van der Waals surface area contributed by atoms with Gasteiger partial charge in [0, 0.05) is 26.8 Å². The maximum absolute atomic E-state index is 12.9. The van der Waals surface area contributed by atoms with Crippen LogP contribution in [-0.2, 0) is 0 Å². The molecule has 1 amide bonds. The summed E-state index contributed by atoms with van der Waals surface area (Å²) in [4.78, 5) is 21.0. The summed E-state index contributed by atoms with van der Waals surface area (Å²) >= 11 is 0. The molecule has 1 aromatic carbocycles. The van der Waals surface area contributed by atoms with Crippen molar-refractivity contribution in [2.45, 2.75) is 18.9 Å². The number of hydrogen-bond acceptors (Lipinski definition) is 4. The van der Waals surface area contributed by atoms with Crippen molar-refractivity contribution in [3.05, 3.63) is 54.2 Å². The van der Waals surface area contributed by atoms with Crippen molar-refractivity contribution in [2.24, 2.45) is 0 Å². The number of piperidine rings is 1. The first-order chi connectivity index (χ1) is 11.6. The van der Waals surface area contributed by atoms with Crippen molar-refractivity contribution in [2.75, 3.05) is 32.1 Å². The van der Waals surface area contributed by atoms with E-state index < -0.39 is 0 Å². The van der Waals surface area contributed by atoms with Crippen molar-refractivity contribution in [3.8, 4) is 5.75 Å². The molecule has 5 heteroatoms. The fourth-order valence-corrected chi connectivity index (χ4v) is 3.00. The molecule has 1 aromatic heterocycles. The van der Waals surface area contributed by atoms with E-state index in [1.54, 1.807) is 6.20 Å². The first-order valence-electron chi connectivity index (χ1n) is 8.28. The molecule has 0 saturated carbocycles. The van der Waals surface area contributed by atoms with E-state index in [1.807, 2.05) is 66.4 Å². The number of para-hydroxylation sites is 1. The molecule has 2 aromatic rings. The number of carbonyl (C=O) groups excluding carboxylic acids is 1. The van der Waals surface area contributed by atoms with E-state index in [1.165, 1.54) is 0 Å². The average molecular weight is 325 g/mol. The minimum absolute atomic E-state index is 0.0214. The maximum atomic E-state index is 12.9. The number of likely N-dealkylation sites (tertiary alicyclic amines) is 1. The van der Waals surface area contributed by atoms with Gasteiger partial charge in [-0.3, -0.25) is 4.79 Å². The predicted molar refractivity (Wildman–Crippen MR) is 94.6 cm³/mol. The second kappa shape index (κ2) is 7.34. The molecule has 5 nitrogen and oxygen atoms in total. The average Bonchev–Trinajstić information content (AvgIpc) is 2.62. The molecule has 1 unspecified atom stereocenters. The van der Waals surface area contributed by atoms with Crippen LogP contribution in [0.4, 0.5) is 5.82 Å². The molecule has 1 atom stereocenters. The Labute approximate surface area is 142 Å². The number of hydrogen-bond donors (Lipinski definition) is 0. The van der Waals surface area contributed by atoms with Gasteiger partial charge in [0.15, 0.2) is 0 Å². The Bertz CT molecular complexity index is 688. The first-order valence-corrected chi connectivity index (χ1v) is 8.28. The Morgan fingerprint density at radius 3 is 2.75 bits per heavy atom. The van der Waals surface area contributed by atoms with Crippen LogP contribution in [0.15, 0.2) is 48.7 Å². The van der Waals surface area contributed by atoms with Gasteiger partial charge < -0.3 is 14.5 Å². The van der Waals surface area contributed by atoms with Crippen molar-refractivity contribution in [1.29, 1.82) is 0 Å². The van der Waals surface area contributed by atoms with Crippen LogP contribution in [0.2, 0.25) is 0 Å². The van der Waals surface area contributed by atoms with Gasteiger partial charge >= 0.3 is 0 Å². The van der Waals surface area contributed by atoms with Crippen LogP contribution in [0, 0.1) is 0 Å². The molecule has 3 rings (SSSR count). The number of anilines is 1. The summed E-state index contributed by atoms with van der Waals surface area (Å²) in [5.74, 6) is 1.58. The van der Waals surface area contributed by atoms with Gasteiger partial charge in [-0.05, 0) is 37.1 Å². The molecule has 1 fully saturated rings. The summed E-state index contributed by atoms with van der Waals surface area (Å²) in [6.07, 6.45) is 3.65. The second-order valence-corrected chi connectivity index (χ2v) is 6.22. The van der Waals surface area contributed by atoms with Crippen molar-refractivity contribution in [3.63, 3.8) is 0 Å². The zero-order chi connectivity index (χ0) is 16.9. The van der Waals surface area contributed by atoms with E-state index >= 15 is 0 Å². The van der Waals surface area contributed by atoms with Crippen molar-refractivity contribution >= 4 is 11.7 Å². The fourth-order valence-electron chi connectivity index (χ4n) is 3.00. The van der Waals surface area contributed by atoms with Gasteiger partial charge in [-0.15, -0.1) is 0 Å². The number of nitrogens with zero attached hydrogens (tertiary/aromatic N) is 3. The van der Waals surface area contributed by atoms with E-state index in [0.717, 1.165) is 25.1 Å². The number of carbonyl (C=O) groups is 1. The Morgan fingerprint density at radius 2 is 2.00 bits per heavy atom. The van der Waals surface area contributed by atoms with Crippen LogP contribution in [0.5, 0.6) is 5.75 Å². The molecule has 126 valence electrons. The summed E-state index contributed by atoms with van der Waals surface area (Å²) in [6, 6.07) is 13.4. The number of ether oxygens (including phenoxy) is 1. The third-order valence-electron chi connectivity index (χ3n) is 4.15. The Kier molecular flexibility index (Phi) is 4.99. The molecule has 0 spiro atoms. The van der Waals surface area contributed by atoms with Crippen LogP contribution in [0.1, 0.15) is 23.2 Å². The highest BCUT2D eigenvalue weighted by molar-refractivity contribution is 5.98. The molecular weight excluding hydrogens is 302 g/mol. The zero-order valence-electron chi connectivity index (χ0n) is 14.2. The Morgan fingerprint density at radius 1 is 1.21 bits per heavy atom. The number of pyridine rings is 1. The third-order valence-corrected chi connectivity index (χ3v) is 4.15. The minimum atomic E-state index is 0.0214. The summed E-state index contributed by atoms with van der Waals surface area (Å²) < 4.78 is 6.03. The minimum Gasteiger partial charge on any atom is -0.489 e. The SMILES string of the molecule is CN(C)c1ncccc1C(=O)N1CCCC(Oc2ccccc2)C1. The third kappa shape index (κ3) is 3.67. The van der Waals surface area contributed by atoms with E-state index in [-0.39, 0.29) is 12.0 Å². The van der Waals surface area contributed by atoms with Gasteiger partial charge in [-0.1, -0.05) is 18.2 Å². The van der Waals surface area contributed by atoms with Gasteiger partial charge in [0.1, 0.15) is 17.7 Å². The number of amides is 1. The largest absolute Gasteiger partial charge is 0.489 e. The van der Waals surface area contributed by atoms with Gasteiger partial charge in [0.05, 0.1) is 12.1 Å². The van der Waals surface area contributed by atoms with E-state index in [2.05, 4.69) is 4.98 Å².